The van der Waals surface area contributed by atoms with E-state index in [0.29, 0.717) is 36.0 Å². The van der Waals surface area contributed by atoms with Crippen LogP contribution in [0.4, 0.5) is 10.5 Å². The molecule has 2 aromatic rings. The first kappa shape index (κ1) is 15.6. The molecule has 24 heavy (non-hydrogen) atoms. The number of aromatic nitrogens is 1. The van der Waals surface area contributed by atoms with E-state index in [1.165, 1.54) is 0 Å². The van der Waals surface area contributed by atoms with Gasteiger partial charge in [-0.25, -0.2) is 9.78 Å². The molecule has 2 heterocycles. The maximum atomic E-state index is 12.2. The second-order valence-corrected chi connectivity index (χ2v) is 5.27. The lowest BCUT2D eigenvalue weighted by Gasteiger charge is -2.38. The molecule has 0 radical (unpaired) electrons. The highest BCUT2D eigenvalue weighted by Gasteiger charge is 2.33. The zero-order valence-corrected chi connectivity index (χ0v) is 13.1. The summed E-state index contributed by atoms with van der Waals surface area (Å²) in [7, 11) is 1.57. The van der Waals surface area contributed by atoms with E-state index in [0.717, 1.165) is 0 Å². The molecule has 3 rings (SSSR count). The molecular weight excluding hydrogens is 308 g/mol. The van der Waals surface area contributed by atoms with Gasteiger partial charge in [-0.3, -0.25) is 0 Å². The molecule has 0 spiro atoms. The summed E-state index contributed by atoms with van der Waals surface area (Å²) >= 11 is 0. The number of nitriles is 1. The molecule has 122 valence electrons. The van der Waals surface area contributed by atoms with E-state index in [9.17, 15) is 4.79 Å². The monoisotopic (exact) mass is 324 g/mol. The van der Waals surface area contributed by atoms with Crippen molar-refractivity contribution in [2.24, 2.45) is 0 Å². The SMILES string of the molecule is COc1cccc(NC(=O)N2CC(Oc3ncccc3C#N)C2)c1. The number of benzene rings is 1. The highest BCUT2D eigenvalue weighted by atomic mass is 16.5. The number of nitrogens with zero attached hydrogens (tertiary/aromatic N) is 3. The Hall–Kier alpha value is -3.27. The Bertz CT molecular complexity index is 781. The van der Waals surface area contributed by atoms with Crippen molar-refractivity contribution in [3.05, 3.63) is 48.2 Å². The minimum absolute atomic E-state index is 0.164. The molecule has 0 saturated carbocycles. The number of ether oxygens (including phenoxy) is 2. The van der Waals surface area contributed by atoms with E-state index in [-0.39, 0.29) is 12.1 Å². The summed E-state index contributed by atoms with van der Waals surface area (Å²) in [5.41, 5.74) is 1.05. The van der Waals surface area contributed by atoms with Crippen LogP contribution in [0, 0.1) is 11.3 Å². The molecule has 1 aliphatic heterocycles. The lowest BCUT2D eigenvalue weighted by molar-refractivity contribution is 0.0459. The Morgan fingerprint density at radius 1 is 1.38 bits per heavy atom. The van der Waals surface area contributed by atoms with Gasteiger partial charge < -0.3 is 19.7 Å². The predicted octanol–water partition coefficient (Wildman–Crippen LogP) is 2.26. The van der Waals surface area contributed by atoms with Crippen LogP contribution in [0.1, 0.15) is 5.56 Å². The normalized spacial score (nSPS) is 13.6. The van der Waals surface area contributed by atoms with Crippen LogP contribution in [0.2, 0.25) is 0 Å². The number of amides is 2. The summed E-state index contributed by atoms with van der Waals surface area (Å²) < 4.78 is 10.8. The third kappa shape index (κ3) is 3.38. The van der Waals surface area contributed by atoms with Crippen molar-refractivity contribution in [1.82, 2.24) is 9.88 Å². The van der Waals surface area contributed by atoms with Crippen molar-refractivity contribution >= 4 is 11.7 Å². The zero-order valence-electron chi connectivity index (χ0n) is 13.1. The smallest absolute Gasteiger partial charge is 0.322 e. The summed E-state index contributed by atoms with van der Waals surface area (Å²) in [5.74, 6) is 0.981. The zero-order chi connectivity index (χ0) is 16.9. The van der Waals surface area contributed by atoms with Gasteiger partial charge in [-0.1, -0.05) is 6.07 Å². The van der Waals surface area contributed by atoms with Gasteiger partial charge in [-0.05, 0) is 24.3 Å². The van der Waals surface area contributed by atoms with Gasteiger partial charge in [-0.15, -0.1) is 0 Å². The molecule has 0 aliphatic carbocycles. The molecule has 1 aromatic carbocycles. The van der Waals surface area contributed by atoms with E-state index in [1.54, 1.807) is 48.5 Å². The molecule has 1 N–H and O–H groups in total. The molecule has 7 heteroatoms. The van der Waals surface area contributed by atoms with Gasteiger partial charge in [-0.2, -0.15) is 5.26 Å². The van der Waals surface area contributed by atoms with Crippen molar-refractivity contribution < 1.29 is 14.3 Å². The van der Waals surface area contributed by atoms with Crippen molar-refractivity contribution in [2.75, 3.05) is 25.5 Å². The number of hydrogen-bond donors (Lipinski definition) is 1. The van der Waals surface area contributed by atoms with Crippen molar-refractivity contribution in [3.8, 4) is 17.7 Å². The first-order valence-electron chi connectivity index (χ1n) is 7.41. The highest BCUT2D eigenvalue weighted by Crippen LogP contribution is 2.21. The van der Waals surface area contributed by atoms with Crippen molar-refractivity contribution in [2.45, 2.75) is 6.10 Å². The Kier molecular flexibility index (Phi) is 4.47. The third-order valence-electron chi connectivity index (χ3n) is 3.63. The van der Waals surface area contributed by atoms with E-state index >= 15 is 0 Å². The topological polar surface area (TPSA) is 87.5 Å². The second-order valence-electron chi connectivity index (χ2n) is 5.27. The van der Waals surface area contributed by atoms with Crippen LogP contribution >= 0.6 is 0 Å². The largest absolute Gasteiger partial charge is 0.497 e. The molecule has 1 fully saturated rings. The standard InChI is InChI=1S/C17H16N4O3/c1-23-14-6-2-5-13(8-14)20-17(22)21-10-15(11-21)24-16-12(9-18)4-3-7-19-16/h2-8,15H,10-11H2,1H3,(H,20,22). The number of methoxy groups -OCH3 is 1. The van der Waals surface area contributed by atoms with Crippen LogP contribution in [0.3, 0.4) is 0 Å². The fourth-order valence-corrected chi connectivity index (χ4v) is 2.31. The number of anilines is 1. The van der Waals surface area contributed by atoms with Gasteiger partial charge >= 0.3 is 6.03 Å². The molecule has 7 nitrogen and oxygen atoms in total. The molecule has 2 amide bonds. The Morgan fingerprint density at radius 3 is 2.96 bits per heavy atom. The summed E-state index contributed by atoms with van der Waals surface area (Å²) in [4.78, 5) is 17.8. The number of rotatable bonds is 4. The molecule has 0 unspecified atom stereocenters. The van der Waals surface area contributed by atoms with Crippen LogP contribution in [-0.4, -0.2) is 42.2 Å². The van der Waals surface area contributed by atoms with Gasteiger partial charge in [0.05, 0.1) is 20.2 Å². The summed E-state index contributed by atoms with van der Waals surface area (Å²) in [6, 6.07) is 12.3. The molecule has 1 aliphatic rings. The average molecular weight is 324 g/mol. The van der Waals surface area contributed by atoms with Crippen molar-refractivity contribution in [1.29, 1.82) is 5.26 Å². The van der Waals surface area contributed by atoms with Gasteiger partial charge in [0.15, 0.2) is 0 Å². The van der Waals surface area contributed by atoms with E-state index in [4.69, 9.17) is 14.7 Å². The van der Waals surface area contributed by atoms with Crippen LogP contribution in [0.25, 0.3) is 0 Å². The average Bonchev–Trinajstić information content (AvgIpc) is 2.58. The third-order valence-corrected chi connectivity index (χ3v) is 3.63. The lowest BCUT2D eigenvalue weighted by Crippen LogP contribution is -2.57. The molecule has 1 saturated heterocycles. The van der Waals surface area contributed by atoms with Gasteiger partial charge in [0, 0.05) is 18.0 Å². The lowest BCUT2D eigenvalue weighted by atomic mass is 10.2. The van der Waals surface area contributed by atoms with E-state index < -0.39 is 0 Å². The van der Waals surface area contributed by atoms with E-state index in [2.05, 4.69) is 10.3 Å². The first-order valence-corrected chi connectivity index (χ1v) is 7.41. The fraction of sp³-hybridized carbons (Fsp3) is 0.235. The second kappa shape index (κ2) is 6.87. The van der Waals surface area contributed by atoms with Crippen molar-refractivity contribution in [3.63, 3.8) is 0 Å². The number of carbonyl (C=O) groups is 1. The summed E-state index contributed by atoms with van der Waals surface area (Å²) in [5, 5.41) is 11.8. The maximum absolute atomic E-state index is 12.2. The minimum atomic E-state index is -0.204. The van der Waals surface area contributed by atoms with Crippen LogP contribution < -0.4 is 14.8 Å². The van der Waals surface area contributed by atoms with Gasteiger partial charge in [0.1, 0.15) is 23.5 Å². The molecular formula is C17H16N4O3. The summed E-state index contributed by atoms with van der Waals surface area (Å²) in [6.45, 7) is 0.883. The number of pyridine rings is 1. The fourth-order valence-electron chi connectivity index (χ4n) is 2.31. The molecule has 0 bridgehead atoms. The van der Waals surface area contributed by atoms with Crippen LogP contribution in [0.15, 0.2) is 42.6 Å². The number of carbonyl (C=O) groups excluding carboxylic acids is 1. The minimum Gasteiger partial charge on any atom is -0.497 e. The van der Waals surface area contributed by atoms with Crippen LogP contribution in [0.5, 0.6) is 11.6 Å². The predicted molar refractivity (Wildman–Crippen MR) is 87.0 cm³/mol. The number of likely N-dealkylation sites (tertiary alicyclic amines) is 1. The molecule has 0 atom stereocenters. The highest BCUT2D eigenvalue weighted by molar-refractivity contribution is 5.90. The maximum Gasteiger partial charge on any atom is 0.322 e. The quantitative estimate of drug-likeness (QED) is 0.932. The van der Waals surface area contributed by atoms with Crippen LogP contribution in [-0.2, 0) is 0 Å². The Balaban J connectivity index is 1.52. The first-order chi connectivity index (χ1) is 11.7. The van der Waals surface area contributed by atoms with Gasteiger partial charge in [0.2, 0.25) is 5.88 Å². The van der Waals surface area contributed by atoms with E-state index in [1.807, 2.05) is 12.1 Å². The van der Waals surface area contributed by atoms with Gasteiger partial charge in [0.25, 0.3) is 0 Å². The molecule has 1 aromatic heterocycles. The Morgan fingerprint density at radius 2 is 2.21 bits per heavy atom. The number of nitrogens with one attached hydrogen (secondary N) is 1. The Labute approximate surface area is 139 Å². The number of hydrogen-bond acceptors (Lipinski definition) is 5. The summed E-state index contributed by atoms with van der Waals surface area (Å²) in [6.07, 6.45) is 1.41. The number of urea groups is 1.